The van der Waals surface area contributed by atoms with Crippen molar-refractivity contribution in [1.29, 1.82) is 0 Å². The van der Waals surface area contributed by atoms with Gasteiger partial charge >= 0.3 is 0 Å². The van der Waals surface area contributed by atoms with Crippen molar-refractivity contribution < 1.29 is 19.5 Å². The Balaban J connectivity index is 0.000000845. The molecule has 4 heteroatoms. The van der Waals surface area contributed by atoms with E-state index in [1.807, 2.05) is 37.4 Å². The molecule has 0 spiro atoms. The zero-order valence-electron chi connectivity index (χ0n) is 7.06. The van der Waals surface area contributed by atoms with Crippen LogP contribution >= 0.6 is 0 Å². The fraction of sp³-hybridized carbons (Fsp3) is 0.111. The molecule has 0 fully saturated rings. The quantitative estimate of drug-likeness (QED) is 0.572. The van der Waals surface area contributed by atoms with Gasteiger partial charge in [-0.2, -0.15) is 0 Å². The molecule has 69 valence electrons. The van der Waals surface area contributed by atoms with E-state index in [0.29, 0.717) is 0 Å². The van der Waals surface area contributed by atoms with Crippen molar-refractivity contribution in [2.24, 2.45) is 7.05 Å². The van der Waals surface area contributed by atoms with Gasteiger partial charge in [0.25, 0.3) is 0 Å². The molecule has 13 heavy (non-hydrogen) atoms. The van der Waals surface area contributed by atoms with Crippen LogP contribution in [0.15, 0.2) is 30.3 Å². The summed E-state index contributed by atoms with van der Waals surface area (Å²) in [7, 11) is 1.85. The van der Waals surface area contributed by atoms with E-state index >= 15 is 0 Å². The van der Waals surface area contributed by atoms with Crippen LogP contribution in [0.1, 0.15) is 0 Å². The molecular formula is C9H8N3Rh-. The van der Waals surface area contributed by atoms with E-state index in [2.05, 4.69) is 16.5 Å². The second-order valence-electron chi connectivity index (χ2n) is 2.54. The largest absolute Gasteiger partial charge is 0.286 e. The second kappa shape index (κ2) is 4.29. The minimum Gasteiger partial charge on any atom is -0.286 e. The van der Waals surface area contributed by atoms with Gasteiger partial charge in [-0.05, 0) is 0 Å². The molecule has 2 aromatic rings. The first-order valence-corrected chi connectivity index (χ1v) is 3.71. The molecule has 3 nitrogen and oxygen atoms in total. The molecule has 0 saturated heterocycles. The Morgan fingerprint density at radius 3 is 2.46 bits per heavy atom. The smallest absolute Gasteiger partial charge is 0.0285 e. The third-order valence-electron chi connectivity index (χ3n) is 1.71. The number of hydrogen-bond acceptors (Lipinski definition) is 2. The fourth-order valence-electron chi connectivity index (χ4n) is 1.10. The predicted molar refractivity (Wildman–Crippen MR) is 45.3 cm³/mol. The minimum absolute atomic E-state index is 0. The third-order valence-corrected chi connectivity index (χ3v) is 1.71. The van der Waals surface area contributed by atoms with Crippen molar-refractivity contribution in [3.05, 3.63) is 36.5 Å². The van der Waals surface area contributed by atoms with E-state index in [9.17, 15) is 0 Å². The summed E-state index contributed by atoms with van der Waals surface area (Å²) in [4.78, 5) is 0. The van der Waals surface area contributed by atoms with Crippen molar-refractivity contribution in [3.63, 3.8) is 0 Å². The third kappa shape index (κ3) is 2.01. The van der Waals surface area contributed by atoms with Crippen molar-refractivity contribution >= 4 is 0 Å². The molecule has 0 unspecified atom stereocenters. The van der Waals surface area contributed by atoms with Crippen LogP contribution in [0, 0.1) is 6.20 Å². The summed E-state index contributed by atoms with van der Waals surface area (Å²) in [5.41, 5.74) is 2.00. The molecule has 0 saturated carbocycles. The number of aryl methyl sites for hydroxylation is 1. The molecule has 0 bridgehead atoms. The summed E-state index contributed by atoms with van der Waals surface area (Å²) in [6.45, 7) is 0. The molecule has 0 aliphatic rings. The molecule has 0 N–H and O–H groups in total. The maximum Gasteiger partial charge on any atom is 0.0285 e. The van der Waals surface area contributed by atoms with Crippen LogP contribution in [0.2, 0.25) is 0 Å². The minimum atomic E-state index is 0. The van der Waals surface area contributed by atoms with Gasteiger partial charge in [-0.15, -0.1) is 17.7 Å². The van der Waals surface area contributed by atoms with Crippen LogP contribution in [-0.2, 0) is 26.5 Å². The molecule has 1 aromatic heterocycles. The Labute approximate surface area is 89.5 Å². The van der Waals surface area contributed by atoms with Gasteiger partial charge in [-0.1, -0.05) is 35.3 Å². The summed E-state index contributed by atoms with van der Waals surface area (Å²) in [6, 6.07) is 9.96. The van der Waals surface area contributed by atoms with E-state index < -0.39 is 0 Å². The van der Waals surface area contributed by atoms with Gasteiger partial charge in [-0.25, -0.2) is 5.10 Å². The maximum atomic E-state index is 3.80. The van der Waals surface area contributed by atoms with Gasteiger partial charge in [0.15, 0.2) is 0 Å². The van der Waals surface area contributed by atoms with Crippen LogP contribution in [0.25, 0.3) is 11.3 Å². The van der Waals surface area contributed by atoms with Crippen LogP contribution in [-0.4, -0.2) is 15.0 Å². The molecule has 0 atom stereocenters. The number of hydrogen-bond donors (Lipinski definition) is 0. The van der Waals surface area contributed by atoms with Gasteiger partial charge in [0.1, 0.15) is 0 Å². The average Bonchev–Trinajstić information content (AvgIpc) is 2.53. The molecule has 0 aliphatic heterocycles. The molecule has 0 amide bonds. The number of nitrogens with zero attached hydrogens (tertiary/aromatic N) is 3. The predicted octanol–water partition coefficient (Wildman–Crippen LogP) is 1.28. The zero-order chi connectivity index (χ0) is 8.39. The van der Waals surface area contributed by atoms with Gasteiger partial charge in [0, 0.05) is 26.5 Å². The second-order valence-corrected chi connectivity index (χ2v) is 2.54. The van der Waals surface area contributed by atoms with Crippen LogP contribution in [0.3, 0.4) is 0 Å². The molecule has 1 aromatic carbocycles. The van der Waals surface area contributed by atoms with Crippen LogP contribution < -0.4 is 0 Å². The van der Waals surface area contributed by atoms with Gasteiger partial charge in [0.2, 0.25) is 0 Å². The first-order valence-electron chi connectivity index (χ1n) is 3.71. The first kappa shape index (κ1) is 10.1. The summed E-state index contributed by atoms with van der Waals surface area (Å²) < 4.78 is 1.70. The van der Waals surface area contributed by atoms with E-state index in [4.69, 9.17) is 0 Å². The Morgan fingerprint density at radius 2 is 1.92 bits per heavy atom. The summed E-state index contributed by atoms with van der Waals surface area (Å²) in [6.07, 6.45) is 2.82. The Kier molecular flexibility index (Phi) is 3.32. The van der Waals surface area contributed by atoms with E-state index in [1.165, 1.54) is 0 Å². The van der Waals surface area contributed by atoms with E-state index in [0.717, 1.165) is 11.3 Å². The van der Waals surface area contributed by atoms with Crippen molar-refractivity contribution in [3.8, 4) is 11.3 Å². The Hall–Kier alpha value is -1.02. The maximum absolute atomic E-state index is 3.80. The molecule has 0 aliphatic carbocycles. The summed E-state index contributed by atoms with van der Waals surface area (Å²) >= 11 is 0. The van der Waals surface area contributed by atoms with Crippen molar-refractivity contribution in [1.82, 2.24) is 15.0 Å². The Morgan fingerprint density at radius 1 is 1.23 bits per heavy atom. The van der Waals surface area contributed by atoms with Gasteiger partial charge < -0.3 is 0 Å². The normalized spacial score (nSPS) is 9.31. The van der Waals surface area contributed by atoms with E-state index in [1.54, 1.807) is 4.68 Å². The fourth-order valence-corrected chi connectivity index (χ4v) is 1.10. The topological polar surface area (TPSA) is 30.7 Å². The van der Waals surface area contributed by atoms with Gasteiger partial charge in [0.05, 0.1) is 0 Å². The monoisotopic (exact) mass is 261 g/mol. The summed E-state index contributed by atoms with van der Waals surface area (Å²) in [5.74, 6) is 0. The number of benzene rings is 1. The van der Waals surface area contributed by atoms with Crippen LogP contribution in [0.4, 0.5) is 0 Å². The van der Waals surface area contributed by atoms with Crippen molar-refractivity contribution in [2.45, 2.75) is 0 Å². The molecular weight excluding hydrogens is 253 g/mol. The molecule has 1 radical (unpaired) electrons. The first-order chi connectivity index (χ1) is 5.88. The SMILES string of the molecule is Cn1nn[c-]c1-c1ccccc1.[Rh]. The number of aromatic nitrogens is 3. The molecule has 1 heterocycles. The average molecular weight is 261 g/mol. The van der Waals surface area contributed by atoms with Crippen LogP contribution in [0.5, 0.6) is 0 Å². The molecule has 2 rings (SSSR count). The summed E-state index contributed by atoms with van der Waals surface area (Å²) in [5, 5.41) is 7.49. The Bertz CT molecular complexity index is 369. The zero-order valence-corrected chi connectivity index (χ0v) is 8.70. The number of rotatable bonds is 1. The standard InChI is InChI=1S/C9H8N3.Rh/c1-12-9(7-10-11-12)8-5-3-2-4-6-8;/h2-6H,1H3;/q-1;. The van der Waals surface area contributed by atoms with Gasteiger partial charge in [-0.3, -0.25) is 4.68 Å². The van der Waals surface area contributed by atoms with Crippen molar-refractivity contribution in [2.75, 3.05) is 0 Å². The van der Waals surface area contributed by atoms with E-state index in [-0.39, 0.29) is 19.5 Å².